The highest BCUT2D eigenvalue weighted by molar-refractivity contribution is 5.48. The molecule has 4 nitrogen and oxygen atoms in total. The van der Waals surface area contributed by atoms with Crippen LogP contribution in [0.1, 0.15) is 39.7 Å². The van der Waals surface area contributed by atoms with Crippen LogP contribution < -0.4 is 14.8 Å². The van der Waals surface area contributed by atoms with Crippen molar-refractivity contribution in [3.8, 4) is 11.5 Å². The molecule has 114 valence electrons. The molecular formula is C16H27NO3. The van der Waals surface area contributed by atoms with E-state index in [4.69, 9.17) is 9.47 Å². The van der Waals surface area contributed by atoms with Gasteiger partial charge in [-0.3, -0.25) is 0 Å². The third-order valence-electron chi connectivity index (χ3n) is 3.23. The van der Waals surface area contributed by atoms with Crippen molar-refractivity contribution in [3.05, 3.63) is 23.8 Å². The molecule has 0 heterocycles. The van der Waals surface area contributed by atoms with Crippen molar-refractivity contribution in [2.45, 2.75) is 45.3 Å². The van der Waals surface area contributed by atoms with Crippen molar-refractivity contribution in [3.63, 3.8) is 0 Å². The van der Waals surface area contributed by atoms with E-state index in [1.807, 2.05) is 18.2 Å². The molecule has 0 spiro atoms. The van der Waals surface area contributed by atoms with Crippen LogP contribution >= 0.6 is 0 Å². The second-order valence-electron chi connectivity index (χ2n) is 6.24. The van der Waals surface area contributed by atoms with E-state index in [9.17, 15) is 5.11 Å². The van der Waals surface area contributed by atoms with E-state index in [1.54, 1.807) is 21.1 Å². The Morgan fingerprint density at radius 3 is 1.95 bits per heavy atom. The van der Waals surface area contributed by atoms with Crippen LogP contribution in [0.15, 0.2) is 18.2 Å². The van der Waals surface area contributed by atoms with Crippen molar-refractivity contribution >= 4 is 0 Å². The lowest BCUT2D eigenvalue weighted by Crippen LogP contribution is -2.39. The molecule has 4 heteroatoms. The zero-order valence-corrected chi connectivity index (χ0v) is 13.4. The van der Waals surface area contributed by atoms with Gasteiger partial charge in [0.25, 0.3) is 0 Å². The van der Waals surface area contributed by atoms with Crippen molar-refractivity contribution in [2.75, 3.05) is 20.8 Å². The second-order valence-corrected chi connectivity index (χ2v) is 6.24. The molecular weight excluding hydrogens is 254 g/mol. The number of aliphatic hydroxyl groups is 1. The molecule has 0 aromatic heterocycles. The Morgan fingerprint density at radius 2 is 1.55 bits per heavy atom. The first-order valence-electron chi connectivity index (χ1n) is 6.90. The summed E-state index contributed by atoms with van der Waals surface area (Å²) in [5.74, 6) is 1.29. The maximum atomic E-state index is 10.8. The summed E-state index contributed by atoms with van der Waals surface area (Å²) in [5, 5.41) is 14.2. The fourth-order valence-electron chi connectivity index (χ4n) is 2.19. The quantitative estimate of drug-likeness (QED) is 0.842. The zero-order chi connectivity index (χ0) is 15.4. The highest BCUT2D eigenvalue weighted by Crippen LogP contribution is 2.39. The summed E-state index contributed by atoms with van der Waals surface area (Å²) in [5.41, 5.74) is -0.294. The first-order valence-corrected chi connectivity index (χ1v) is 6.90. The fraction of sp³-hybridized carbons (Fsp3) is 0.625. The van der Waals surface area contributed by atoms with Crippen LogP contribution in [0, 0.1) is 0 Å². The number of rotatable bonds is 6. The van der Waals surface area contributed by atoms with Crippen LogP contribution in [0.2, 0.25) is 0 Å². The average Bonchev–Trinajstić information content (AvgIpc) is 2.35. The molecule has 0 saturated heterocycles. The summed E-state index contributed by atoms with van der Waals surface area (Å²) >= 11 is 0. The highest BCUT2D eigenvalue weighted by atomic mass is 16.5. The van der Waals surface area contributed by atoms with E-state index in [1.165, 1.54) is 0 Å². The van der Waals surface area contributed by atoms with Gasteiger partial charge in [0.2, 0.25) is 0 Å². The van der Waals surface area contributed by atoms with Crippen LogP contribution in [0.25, 0.3) is 0 Å². The molecule has 0 radical (unpaired) electrons. The first-order chi connectivity index (χ1) is 9.21. The lowest BCUT2D eigenvalue weighted by atomic mass is 9.90. The molecule has 0 bridgehead atoms. The van der Waals surface area contributed by atoms with E-state index in [2.05, 4.69) is 26.1 Å². The van der Waals surface area contributed by atoms with Crippen LogP contribution in [-0.4, -0.2) is 31.4 Å². The van der Waals surface area contributed by atoms with Gasteiger partial charge >= 0.3 is 0 Å². The van der Waals surface area contributed by atoms with Crippen molar-refractivity contribution < 1.29 is 14.6 Å². The number of nitrogens with one attached hydrogen (secondary N) is 1. The Morgan fingerprint density at radius 1 is 1.05 bits per heavy atom. The summed E-state index contributed by atoms with van der Waals surface area (Å²) in [6.07, 6.45) is 0.570. The Labute approximate surface area is 122 Å². The maximum absolute atomic E-state index is 10.8. The third kappa shape index (κ3) is 4.39. The molecule has 20 heavy (non-hydrogen) atoms. The normalized spacial score (nSPS) is 14.8. The molecule has 0 aliphatic carbocycles. The predicted octanol–water partition coefficient (Wildman–Crippen LogP) is 2.69. The van der Waals surface area contributed by atoms with Crippen molar-refractivity contribution in [1.82, 2.24) is 5.32 Å². The monoisotopic (exact) mass is 281 g/mol. The lowest BCUT2D eigenvalue weighted by molar-refractivity contribution is 0.0414. The molecule has 1 atom stereocenters. The minimum atomic E-state index is -1.02. The molecule has 1 rings (SSSR count). The Kier molecular flexibility index (Phi) is 5.42. The van der Waals surface area contributed by atoms with Gasteiger partial charge in [0.15, 0.2) is 0 Å². The zero-order valence-electron chi connectivity index (χ0n) is 13.4. The van der Waals surface area contributed by atoms with Crippen LogP contribution in [0.5, 0.6) is 11.5 Å². The van der Waals surface area contributed by atoms with E-state index in [0.717, 1.165) is 0 Å². The number of hydrogen-bond donors (Lipinski definition) is 2. The van der Waals surface area contributed by atoms with E-state index < -0.39 is 5.60 Å². The van der Waals surface area contributed by atoms with Gasteiger partial charge in [0, 0.05) is 5.54 Å². The molecule has 1 aromatic rings. The van der Waals surface area contributed by atoms with Crippen LogP contribution in [0.4, 0.5) is 0 Å². The van der Waals surface area contributed by atoms with Gasteiger partial charge in [-0.1, -0.05) is 6.07 Å². The largest absolute Gasteiger partial charge is 0.496 e. The summed E-state index contributed by atoms with van der Waals surface area (Å²) < 4.78 is 10.7. The second kappa shape index (κ2) is 6.46. The van der Waals surface area contributed by atoms with Gasteiger partial charge < -0.3 is 19.9 Å². The molecule has 0 aliphatic heterocycles. The van der Waals surface area contributed by atoms with E-state index in [-0.39, 0.29) is 5.54 Å². The molecule has 0 saturated carbocycles. The van der Waals surface area contributed by atoms with Crippen LogP contribution in [0.3, 0.4) is 0 Å². The van der Waals surface area contributed by atoms with Crippen LogP contribution in [-0.2, 0) is 5.60 Å². The average molecular weight is 281 g/mol. The number of methoxy groups -OCH3 is 2. The fourth-order valence-corrected chi connectivity index (χ4v) is 2.19. The topological polar surface area (TPSA) is 50.7 Å². The van der Waals surface area contributed by atoms with Gasteiger partial charge in [-0.25, -0.2) is 0 Å². The number of hydrogen-bond acceptors (Lipinski definition) is 4. The SMILES string of the molecule is COc1cccc(OC)c1C(C)(O)CCNC(C)(C)C. The predicted molar refractivity (Wildman–Crippen MR) is 81.5 cm³/mol. The van der Waals surface area contributed by atoms with Crippen molar-refractivity contribution in [2.24, 2.45) is 0 Å². The molecule has 0 aliphatic rings. The van der Waals surface area contributed by atoms with Gasteiger partial charge in [-0.05, 0) is 52.8 Å². The maximum Gasteiger partial charge on any atom is 0.128 e. The Hall–Kier alpha value is -1.26. The smallest absolute Gasteiger partial charge is 0.128 e. The molecule has 1 aromatic carbocycles. The Bertz CT molecular complexity index is 414. The number of ether oxygens (including phenoxy) is 2. The van der Waals surface area contributed by atoms with Gasteiger partial charge in [-0.15, -0.1) is 0 Å². The van der Waals surface area contributed by atoms with Gasteiger partial charge in [0.05, 0.1) is 25.4 Å². The summed E-state index contributed by atoms with van der Waals surface area (Å²) in [4.78, 5) is 0. The minimum Gasteiger partial charge on any atom is -0.496 e. The first kappa shape index (κ1) is 16.8. The van der Waals surface area contributed by atoms with Gasteiger partial charge in [-0.2, -0.15) is 0 Å². The van der Waals surface area contributed by atoms with Crippen molar-refractivity contribution in [1.29, 1.82) is 0 Å². The van der Waals surface area contributed by atoms with E-state index in [0.29, 0.717) is 30.0 Å². The summed E-state index contributed by atoms with van der Waals surface area (Å²) in [6.45, 7) is 8.80. The standard InChI is InChI=1S/C16H27NO3/c1-15(2,3)17-11-10-16(4,18)14-12(19-5)8-7-9-13(14)20-6/h7-9,17-18H,10-11H2,1-6H3. The highest BCUT2D eigenvalue weighted by Gasteiger charge is 2.30. The number of benzene rings is 1. The summed E-state index contributed by atoms with van der Waals surface area (Å²) in [6, 6.07) is 5.53. The molecule has 0 amide bonds. The summed E-state index contributed by atoms with van der Waals surface area (Å²) in [7, 11) is 3.20. The Balaban J connectivity index is 2.96. The molecule has 2 N–H and O–H groups in total. The molecule has 0 fully saturated rings. The lowest BCUT2D eigenvalue weighted by Gasteiger charge is -2.29. The minimum absolute atomic E-state index is 0.0287. The third-order valence-corrected chi connectivity index (χ3v) is 3.23. The molecule has 1 unspecified atom stereocenters. The van der Waals surface area contributed by atoms with E-state index >= 15 is 0 Å². The van der Waals surface area contributed by atoms with Gasteiger partial charge in [0.1, 0.15) is 11.5 Å².